The first-order valence-corrected chi connectivity index (χ1v) is 11.7. The Kier molecular flexibility index (Phi) is 8.31. The Morgan fingerprint density at radius 2 is 1.71 bits per heavy atom. The molecule has 7 nitrogen and oxygen atoms in total. The molecule has 0 radical (unpaired) electrons. The number of halogens is 1. The number of methoxy groups -OCH3 is 1. The van der Waals surface area contributed by atoms with E-state index in [-0.39, 0.29) is 29.5 Å². The zero-order valence-corrected chi connectivity index (χ0v) is 20.9. The zero-order valence-electron chi connectivity index (χ0n) is 19.3. The second-order valence-corrected chi connectivity index (χ2v) is 8.85. The average Bonchev–Trinajstić information content (AvgIpc) is 3.13. The van der Waals surface area contributed by atoms with Gasteiger partial charge in [-0.05, 0) is 61.7 Å². The van der Waals surface area contributed by atoms with Gasteiger partial charge in [-0.25, -0.2) is 4.79 Å². The van der Waals surface area contributed by atoms with Crippen LogP contribution in [0, 0.1) is 13.8 Å². The lowest BCUT2D eigenvalue weighted by molar-refractivity contribution is -0.115. The lowest BCUT2D eigenvalue weighted by Gasteiger charge is -2.09. The molecule has 178 valence electrons. The van der Waals surface area contributed by atoms with Gasteiger partial charge in [-0.2, -0.15) is 0 Å². The second kappa shape index (κ2) is 11.2. The zero-order chi connectivity index (χ0) is 24.8. The molecule has 0 aliphatic rings. The SMILES string of the molecule is CCOC(=O)c1c(NC(=O)Cc2ccc(OC)cc2)sc(C(=O)Nc2cccc(Cl)c2C)c1C. The predicted octanol–water partition coefficient (Wildman–Crippen LogP) is 5.64. The van der Waals surface area contributed by atoms with Gasteiger partial charge < -0.3 is 20.1 Å². The van der Waals surface area contributed by atoms with Crippen LogP contribution in [0.4, 0.5) is 10.7 Å². The van der Waals surface area contributed by atoms with Crippen LogP contribution in [0.2, 0.25) is 5.02 Å². The van der Waals surface area contributed by atoms with Gasteiger partial charge in [0, 0.05) is 10.7 Å². The average molecular weight is 501 g/mol. The molecule has 0 atom stereocenters. The lowest BCUT2D eigenvalue weighted by atomic mass is 10.1. The van der Waals surface area contributed by atoms with Crippen LogP contribution in [0.1, 0.15) is 43.6 Å². The van der Waals surface area contributed by atoms with Crippen molar-refractivity contribution in [3.63, 3.8) is 0 Å². The smallest absolute Gasteiger partial charge is 0.341 e. The van der Waals surface area contributed by atoms with Gasteiger partial charge in [0.25, 0.3) is 5.91 Å². The van der Waals surface area contributed by atoms with Crippen molar-refractivity contribution < 1.29 is 23.9 Å². The summed E-state index contributed by atoms with van der Waals surface area (Å²) in [6, 6.07) is 12.3. The first kappa shape index (κ1) is 25.3. The van der Waals surface area contributed by atoms with Gasteiger partial charge >= 0.3 is 5.97 Å². The summed E-state index contributed by atoms with van der Waals surface area (Å²) in [4.78, 5) is 38.7. The molecule has 2 N–H and O–H groups in total. The van der Waals surface area contributed by atoms with Crippen molar-refractivity contribution in [2.45, 2.75) is 27.2 Å². The summed E-state index contributed by atoms with van der Waals surface area (Å²) in [6.07, 6.45) is 0.0897. The van der Waals surface area contributed by atoms with Gasteiger partial charge in [0.2, 0.25) is 5.91 Å². The summed E-state index contributed by atoms with van der Waals surface area (Å²) in [5, 5.41) is 6.40. The van der Waals surface area contributed by atoms with Crippen molar-refractivity contribution >= 4 is 51.4 Å². The molecule has 1 heterocycles. The molecule has 0 saturated heterocycles. The Hall–Kier alpha value is -3.36. The minimum absolute atomic E-state index is 0.0897. The molecule has 34 heavy (non-hydrogen) atoms. The van der Waals surface area contributed by atoms with Gasteiger partial charge in [-0.3, -0.25) is 9.59 Å². The Morgan fingerprint density at radius 1 is 1.00 bits per heavy atom. The number of carbonyl (C=O) groups excluding carboxylic acids is 3. The number of thiophene rings is 1. The maximum Gasteiger partial charge on any atom is 0.341 e. The largest absolute Gasteiger partial charge is 0.497 e. The molecule has 9 heteroatoms. The molecular weight excluding hydrogens is 476 g/mol. The third-order valence-corrected chi connectivity index (χ3v) is 6.74. The van der Waals surface area contributed by atoms with Gasteiger partial charge in [-0.15, -0.1) is 11.3 Å². The van der Waals surface area contributed by atoms with Crippen LogP contribution in [0.3, 0.4) is 0 Å². The van der Waals surface area contributed by atoms with Crippen molar-refractivity contribution in [2.75, 3.05) is 24.4 Å². The molecule has 0 bridgehead atoms. The van der Waals surface area contributed by atoms with Crippen LogP contribution in [0.25, 0.3) is 0 Å². The maximum atomic E-state index is 13.1. The highest BCUT2D eigenvalue weighted by Gasteiger charge is 2.27. The van der Waals surface area contributed by atoms with Crippen LogP contribution in [0.5, 0.6) is 5.75 Å². The van der Waals surface area contributed by atoms with Gasteiger partial charge in [0.05, 0.1) is 30.6 Å². The first-order chi connectivity index (χ1) is 16.2. The van der Waals surface area contributed by atoms with Gasteiger partial charge in [-0.1, -0.05) is 29.8 Å². The summed E-state index contributed by atoms with van der Waals surface area (Å²) in [5.41, 5.74) is 2.67. The molecular formula is C25H25ClN2O5S. The molecule has 3 rings (SSSR count). The molecule has 0 fully saturated rings. The van der Waals surface area contributed by atoms with Crippen molar-refractivity contribution in [1.29, 1.82) is 0 Å². The van der Waals surface area contributed by atoms with E-state index in [4.69, 9.17) is 21.1 Å². The summed E-state index contributed by atoms with van der Waals surface area (Å²) in [5.74, 6) is -0.647. The molecule has 0 spiro atoms. The van der Waals surface area contributed by atoms with E-state index >= 15 is 0 Å². The van der Waals surface area contributed by atoms with E-state index in [2.05, 4.69) is 10.6 Å². The number of nitrogens with one attached hydrogen (secondary N) is 2. The van der Waals surface area contributed by atoms with Gasteiger partial charge in [0.15, 0.2) is 0 Å². The highest BCUT2D eigenvalue weighted by molar-refractivity contribution is 7.19. The monoisotopic (exact) mass is 500 g/mol. The molecule has 0 aliphatic carbocycles. The highest BCUT2D eigenvalue weighted by atomic mass is 35.5. The lowest BCUT2D eigenvalue weighted by Crippen LogP contribution is -2.16. The van der Waals surface area contributed by atoms with E-state index in [1.54, 1.807) is 70.3 Å². The highest BCUT2D eigenvalue weighted by Crippen LogP contribution is 2.35. The molecule has 1 aromatic heterocycles. The summed E-state index contributed by atoms with van der Waals surface area (Å²) >= 11 is 7.18. The molecule has 2 amide bonds. The minimum atomic E-state index is -0.603. The number of rotatable bonds is 8. The number of hydrogen-bond acceptors (Lipinski definition) is 6. The van der Waals surface area contributed by atoms with Crippen LogP contribution < -0.4 is 15.4 Å². The normalized spacial score (nSPS) is 10.5. The number of anilines is 2. The third kappa shape index (κ3) is 5.76. The molecule has 0 unspecified atom stereocenters. The fourth-order valence-electron chi connectivity index (χ4n) is 3.29. The Labute approximate surface area is 207 Å². The van der Waals surface area contributed by atoms with Crippen LogP contribution in [-0.4, -0.2) is 31.5 Å². The standard InChI is InChI=1S/C25H25ClN2O5S/c1-5-33-25(31)21-15(3)22(23(30)27-19-8-6-7-18(26)14(19)2)34-24(21)28-20(29)13-16-9-11-17(32-4)12-10-16/h6-12H,5,13H2,1-4H3,(H,27,30)(H,28,29). The van der Waals surface area contributed by atoms with E-state index < -0.39 is 11.9 Å². The van der Waals surface area contributed by atoms with Crippen molar-refractivity contribution in [1.82, 2.24) is 0 Å². The molecule has 0 saturated carbocycles. The minimum Gasteiger partial charge on any atom is -0.497 e. The Morgan fingerprint density at radius 3 is 2.35 bits per heavy atom. The summed E-state index contributed by atoms with van der Waals surface area (Å²) in [6.45, 7) is 5.31. The van der Waals surface area contributed by atoms with Crippen LogP contribution in [-0.2, 0) is 16.0 Å². The van der Waals surface area contributed by atoms with Crippen molar-refractivity contribution in [2.24, 2.45) is 0 Å². The predicted molar refractivity (Wildman–Crippen MR) is 134 cm³/mol. The fraction of sp³-hybridized carbons (Fsp3) is 0.240. The second-order valence-electron chi connectivity index (χ2n) is 7.42. The number of benzene rings is 2. The van der Waals surface area contributed by atoms with E-state index in [0.717, 1.165) is 22.5 Å². The van der Waals surface area contributed by atoms with E-state index in [9.17, 15) is 14.4 Å². The quantitative estimate of drug-likeness (QED) is 0.390. The number of esters is 1. The number of carbonyl (C=O) groups is 3. The first-order valence-electron chi connectivity index (χ1n) is 10.5. The van der Waals surface area contributed by atoms with E-state index in [1.165, 1.54) is 0 Å². The Balaban J connectivity index is 1.87. The molecule has 2 aromatic carbocycles. The fourth-order valence-corrected chi connectivity index (χ4v) is 4.57. The molecule has 3 aromatic rings. The third-order valence-electron chi connectivity index (χ3n) is 5.13. The van der Waals surface area contributed by atoms with E-state index in [1.807, 2.05) is 0 Å². The van der Waals surface area contributed by atoms with Crippen molar-refractivity contribution in [3.05, 3.63) is 74.6 Å². The Bertz CT molecular complexity index is 1220. The van der Waals surface area contributed by atoms with Gasteiger partial charge in [0.1, 0.15) is 10.8 Å². The number of amides is 2. The summed E-state index contributed by atoms with van der Waals surface area (Å²) < 4.78 is 10.3. The molecule has 0 aliphatic heterocycles. The number of hydrogen-bond donors (Lipinski definition) is 2. The number of ether oxygens (including phenoxy) is 2. The van der Waals surface area contributed by atoms with Crippen LogP contribution in [0.15, 0.2) is 42.5 Å². The van der Waals surface area contributed by atoms with E-state index in [0.29, 0.717) is 26.9 Å². The topological polar surface area (TPSA) is 93.7 Å². The maximum absolute atomic E-state index is 13.1. The van der Waals surface area contributed by atoms with Crippen molar-refractivity contribution in [3.8, 4) is 5.75 Å². The van der Waals surface area contributed by atoms with Crippen LogP contribution >= 0.6 is 22.9 Å². The summed E-state index contributed by atoms with van der Waals surface area (Å²) in [7, 11) is 1.57.